The SMILES string of the molecule is Cc1cccc(N2C(=O)CCCNc3ccccc32)c1. The van der Waals surface area contributed by atoms with E-state index < -0.39 is 0 Å². The fourth-order valence-corrected chi connectivity index (χ4v) is 2.58. The normalized spacial score (nSPS) is 15.1. The highest BCUT2D eigenvalue weighted by atomic mass is 16.2. The molecule has 0 aliphatic carbocycles. The van der Waals surface area contributed by atoms with Gasteiger partial charge >= 0.3 is 0 Å². The molecule has 1 aliphatic rings. The summed E-state index contributed by atoms with van der Waals surface area (Å²) in [5.41, 5.74) is 4.04. The van der Waals surface area contributed by atoms with Crippen LogP contribution in [-0.2, 0) is 4.79 Å². The predicted molar refractivity (Wildman–Crippen MR) is 82.5 cm³/mol. The van der Waals surface area contributed by atoms with Gasteiger partial charge in [0.15, 0.2) is 0 Å². The van der Waals surface area contributed by atoms with Gasteiger partial charge in [-0.1, -0.05) is 24.3 Å². The van der Waals surface area contributed by atoms with Crippen molar-refractivity contribution in [2.45, 2.75) is 19.8 Å². The van der Waals surface area contributed by atoms with E-state index in [0.717, 1.165) is 35.6 Å². The number of amides is 1. The lowest BCUT2D eigenvalue weighted by atomic mass is 10.1. The lowest BCUT2D eigenvalue weighted by Crippen LogP contribution is -2.29. The third kappa shape index (κ3) is 2.39. The average Bonchev–Trinajstić information content (AvgIpc) is 2.43. The molecule has 1 aliphatic heterocycles. The molecular formula is C17H18N2O. The Morgan fingerprint density at radius 2 is 1.95 bits per heavy atom. The highest BCUT2D eigenvalue weighted by Gasteiger charge is 2.22. The summed E-state index contributed by atoms with van der Waals surface area (Å²) in [6, 6.07) is 16.1. The summed E-state index contributed by atoms with van der Waals surface area (Å²) >= 11 is 0. The molecule has 0 unspecified atom stereocenters. The standard InChI is InChI=1S/C17H18N2O/c1-13-6-4-7-14(12-13)19-16-9-3-2-8-15(16)18-11-5-10-17(19)20/h2-4,6-9,12,18H,5,10-11H2,1H3. The number of aryl methyl sites for hydroxylation is 1. The Morgan fingerprint density at radius 1 is 1.10 bits per heavy atom. The zero-order valence-electron chi connectivity index (χ0n) is 11.6. The van der Waals surface area contributed by atoms with Crippen molar-refractivity contribution < 1.29 is 4.79 Å². The second-order valence-corrected chi connectivity index (χ2v) is 5.12. The first-order chi connectivity index (χ1) is 9.75. The number of hydrogen-bond donors (Lipinski definition) is 1. The minimum Gasteiger partial charge on any atom is -0.383 e. The third-order valence-electron chi connectivity index (χ3n) is 3.54. The van der Waals surface area contributed by atoms with E-state index in [1.54, 1.807) is 0 Å². The molecule has 3 heteroatoms. The van der Waals surface area contributed by atoms with E-state index in [-0.39, 0.29) is 5.91 Å². The monoisotopic (exact) mass is 266 g/mol. The van der Waals surface area contributed by atoms with E-state index in [1.165, 1.54) is 0 Å². The van der Waals surface area contributed by atoms with E-state index in [2.05, 4.69) is 11.4 Å². The van der Waals surface area contributed by atoms with Crippen molar-refractivity contribution in [3.8, 4) is 0 Å². The summed E-state index contributed by atoms with van der Waals surface area (Å²) in [5, 5.41) is 3.41. The number of para-hydroxylation sites is 2. The quantitative estimate of drug-likeness (QED) is 0.850. The second kappa shape index (κ2) is 5.37. The van der Waals surface area contributed by atoms with Gasteiger partial charge in [-0.25, -0.2) is 0 Å². The van der Waals surface area contributed by atoms with Crippen LogP contribution in [0, 0.1) is 6.92 Å². The Hall–Kier alpha value is -2.29. The Balaban J connectivity index is 2.13. The molecule has 2 aromatic carbocycles. The summed E-state index contributed by atoms with van der Waals surface area (Å²) < 4.78 is 0. The Morgan fingerprint density at radius 3 is 2.80 bits per heavy atom. The van der Waals surface area contributed by atoms with Gasteiger partial charge in [-0.2, -0.15) is 0 Å². The largest absolute Gasteiger partial charge is 0.383 e. The fraction of sp³-hybridized carbons (Fsp3) is 0.235. The molecule has 20 heavy (non-hydrogen) atoms. The molecule has 102 valence electrons. The van der Waals surface area contributed by atoms with Crippen LogP contribution >= 0.6 is 0 Å². The number of carbonyl (C=O) groups excluding carboxylic acids is 1. The first-order valence-corrected chi connectivity index (χ1v) is 6.98. The molecule has 1 N–H and O–H groups in total. The maximum atomic E-state index is 12.5. The van der Waals surface area contributed by atoms with Crippen LogP contribution in [0.25, 0.3) is 0 Å². The van der Waals surface area contributed by atoms with Gasteiger partial charge in [0.1, 0.15) is 0 Å². The maximum absolute atomic E-state index is 12.5. The van der Waals surface area contributed by atoms with Gasteiger partial charge in [0, 0.05) is 18.7 Å². The van der Waals surface area contributed by atoms with Crippen molar-refractivity contribution in [2.24, 2.45) is 0 Å². The third-order valence-corrected chi connectivity index (χ3v) is 3.54. The van der Waals surface area contributed by atoms with Crippen LogP contribution in [-0.4, -0.2) is 12.5 Å². The van der Waals surface area contributed by atoms with Crippen molar-refractivity contribution in [1.82, 2.24) is 0 Å². The van der Waals surface area contributed by atoms with Crippen molar-refractivity contribution >= 4 is 23.0 Å². The molecule has 0 spiro atoms. The first kappa shape index (κ1) is 12.7. The van der Waals surface area contributed by atoms with Crippen LogP contribution in [0.3, 0.4) is 0 Å². The molecule has 0 saturated heterocycles. The van der Waals surface area contributed by atoms with Gasteiger partial charge in [0.05, 0.1) is 11.4 Å². The topological polar surface area (TPSA) is 32.3 Å². The number of carbonyl (C=O) groups is 1. The molecule has 0 atom stereocenters. The van der Waals surface area contributed by atoms with Crippen LogP contribution in [0.1, 0.15) is 18.4 Å². The van der Waals surface area contributed by atoms with E-state index in [4.69, 9.17) is 0 Å². The lowest BCUT2D eigenvalue weighted by Gasteiger charge is -2.28. The van der Waals surface area contributed by atoms with Crippen LogP contribution in [0.5, 0.6) is 0 Å². The summed E-state index contributed by atoms with van der Waals surface area (Å²) in [6.07, 6.45) is 1.42. The van der Waals surface area contributed by atoms with Gasteiger partial charge in [0.25, 0.3) is 0 Å². The summed E-state index contributed by atoms with van der Waals surface area (Å²) in [5.74, 6) is 0.157. The number of rotatable bonds is 1. The highest BCUT2D eigenvalue weighted by molar-refractivity contribution is 6.03. The predicted octanol–water partition coefficient (Wildman–Crippen LogP) is 3.87. The molecule has 3 rings (SSSR count). The molecule has 1 amide bonds. The molecule has 0 radical (unpaired) electrons. The number of benzene rings is 2. The number of fused-ring (bicyclic) bond motifs is 1. The zero-order valence-corrected chi connectivity index (χ0v) is 11.6. The number of nitrogens with zero attached hydrogens (tertiary/aromatic N) is 1. The van der Waals surface area contributed by atoms with Crippen molar-refractivity contribution in [3.05, 3.63) is 54.1 Å². The minimum atomic E-state index is 0.157. The van der Waals surface area contributed by atoms with Crippen molar-refractivity contribution in [3.63, 3.8) is 0 Å². The number of hydrogen-bond acceptors (Lipinski definition) is 2. The Bertz CT molecular complexity index is 636. The highest BCUT2D eigenvalue weighted by Crippen LogP contribution is 2.34. The molecule has 0 fully saturated rings. The van der Waals surface area contributed by atoms with Crippen LogP contribution in [0.4, 0.5) is 17.1 Å². The lowest BCUT2D eigenvalue weighted by molar-refractivity contribution is -0.118. The molecular weight excluding hydrogens is 248 g/mol. The van der Waals surface area contributed by atoms with Gasteiger partial charge in [-0.05, 0) is 43.2 Å². The molecule has 3 nitrogen and oxygen atoms in total. The van der Waals surface area contributed by atoms with Crippen LogP contribution in [0.15, 0.2) is 48.5 Å². The van der Waals surface area contributed by atoms with Crippen LogP contribution < -0.4 is 10.2 Å². The average molecular weight is 266 g/mol. The van der Waals surface area contributed by atoms with Gasteiger partial charge in [-0.3, -0.25) is 9.69 Å². The number of anilines is 3. The molecule has 2 aromatic rings. The van der Waals surface area contributed by atoms with E-state index in [0.29, 0.717) is 6.42 Å². The Kier molecular flexibility index (Phi) is 3.42. The van der Waals surface area contributed by atoms with Gasteiger partial charge in [0.2, 0.25) is 5.91 Å². The van der Waals surface area contributed by atoms with E-state index in [9.17, 15) is 4.79 Å². The molecule has 0 aromatic heterocycles. The molecule has 0 bridgehead atoms. The molecule has 1 heterocycles. The van der Waals surface area contributed by atoms with Crippen molar-refractivity contribution in [2.75, 3.05) is 16.8 Å². The van der Waals surface area contributed by atoms with Crippen LogP contribution in [0.2, 0.25) is 0 Å². The fourth-order valence-electron chi connectivity index (χ4n) is 2.58. The summed E-state index contributed by atoms with van der Waals surface area (Å²) in [7, 11) is 0. The zero-order chi connectivity index (χ0) is 13.9. The van der Waals surface area contributed by atoms with Crippen molar-refractivity contribution in [1.29, 1.82) is 0 Å². The summed E-state index contributed by atoms with van der Waals surface area (Å²) in [4.78, 5) is 14.4. The van der Waals surface area contributed by atoms with E-state index in [1.807, 2.05) is 54.3 Å². The second-order valence-electron chi connectivity index (χ2n) is 5.12. The number of nitrogens with one attached hydrogen (secondary N) is 1. The molecule has 0 saturated carbocycles. The maximum Gasteiger partial charge on any atom is 0.231 e. The first-order valence-electron chi connectivity index (χ1n) is 6.98. The van der Waals surface area contributed by atoms with Gasteiger partial charge < -0.3 is 5.32 Å². The smallest absolute Gasteiger partial charge is 0.231 e. The minimum absolute atomic E-state index is 0.157. The van der Waals surface area contributed by atoms with E-state index >= 15 is 0 Å². The summed E-state index contributed by atoms with van der Waals surface area (Å²) in [6.45, 7) is 2.88. The van der Waals surface area contributed by atoms with Gasteiger partial charge in [-0.15, -0.1) is 0 Å². The Labute approximate surface area is 119 Å².